The predicted molar refractivity (Wildman–Crippen MR) is 78.8 cm³/mol. The summed E-state index contributed by atoms with van der Waals surface area (Å²) < 4.78 is 25.0. The summed E-state index contributed by atoms with van der Waals surface area (Å²) in [5, 5.41) is 3.21. The first-order valence-electron chi connectivity index (χ1n) is 7.10. The van der Waals surface area contributed by atoms with Crippen LogP contribution in [0, 0.1) is 0 Å². The molecule has 0 aromatic heterocycles. The Morgan fingerprint density at radius 2 is 1.95 bits per heavy atom. The highest BCUT2D eigenvalue weighted by Crippen LogP contribution is 2.26. The summed E-state index contributed by atoms with van der Waals surface area (Å²) in [6, 6.07) is 9.86. The smallest absolute Gasteiger partial charge is 0.157 e. The Morgan fingerprint density at radius 1 is 1.21 bits per heavy atom. The van der Waals surface area contributed by atoms with Gasteiger partial charge in [-0.2, -0.15) is 0 Å². The molecule has 0 saturated heterocycles. The Labute approximate surface area is 116 Å². The van der Waals surface area contributed by atoms with Crippen LogP contribution >= 0.6 is 0 Å². The zero-order valence-electron chi connectivity index (χ0n) is 11.5. The minimum Gasteiger partial charge on any atom is -0.314 e. The van der Waals surface area contributed by atoms with Crippen LogP contribution in [0.15, 0.2) is 30.3 Å². The van der Waals surface area contributed by atoms with Gasteiger partial charge in [-0.3, -0.25) is 0 Å². The fraction of sp³-hybridized carbons (Fsp3) is 0.600. The van der Waals surface area contributed by atoms with E-state index in [0.717, 1.165) is 37.8 Å². The second-order valence-corrected chi connectivity index (χ2v) is 7.62. The molecule has 1 N–H and O–H groups in total. The van der Waals surface area contributed by atoms with Crippen molar-refractivity contribution >= 4 is 9.84 Å². The van der Waals surface area contributed by atoms with Gasteiger partial charge in [0, 0.05) is 6.04 Å². The van der Waals surface area contributed by atoms with Crippen molar-refractivity contribution in [1.29, 1.82) is 0 Å². The van der Waals surface area contributed by atoms with Gasteiger partial charge >= 0.3 is 0 Å². The van der Waals surface area contributed by atoms with Gasteiger partial charge in [0.05, 0.1) is 11.0 Å². The number of benzene rings is 1. The monoisotopic (exact) mass is 281 g/mol. The van der Waals surface area contributed by atoms with Gasteiger partial charge in [-0.15, -0.1) is 0 Å². The number of rotatable bonds is 5. The van der Waals surface area contributed by atoms with Crippen molar-refractivity contribution in [3.8, 4) is 0 Å². The van der Waals surface area contributed by atoms with Crippen LogP contribution in [0.5, 0.6) is 0 Å². The molecule has 0 aliphatic heterocycles. The molecule has 0 spiro atoms. The number of sulfone groups is 1. The van der Waals surface area contributed by atoms with E-state index in [4.69, 9.17) is 0 Å². The molecular formula is C15H23NO2S. The molecule has 0 bridgehead atoms. The van der Waals surface area contributed by atoms with Gasteiger partial charge < -0.3 is 5.32 Å². The lowest BCUT2D eigenvalue weighted by atomic mass is 9.95. The minimum atomic E-state index is -3.03. The molecule has 1 saturated carbocycles. The third-order valence-electron chi connectivity index (χ3n) is 3.84. The third-order valence-corrected chi connectivity index (χ3v) is 6.02. The quantitative estimate of drug-likeness (QED) is 0.902. The maximum Gasteiger partial charge on any atom is 0.157 e. The lowest BCUT2D eigenvalue weighted by Crippen LogP contribution is -2.39. The average molecular weight is 281 g/mol. The topological polar surface area (TPSA) is 46.2 Å². The van der Waals surface area contributed by atoms with Crippen LogP contribution in [0.1, 0.15) is 38.2 Å². The van der Waals surface area contributed by atoms with Crippen molar-refractivity contribution < 1.29 is 8.42 Å². The van der Waals surface area contributed by atoms with Crippen LogP contribution in [-0.2, 0) is 15.6 Å². The van der Waals surface area contributed by atoms with Crippen molar-refractivity contribution in [2.24, 2.45) is 0 Å². The van der Waals surface area contributed by atoms with E-state index in [1.54, 1.807) is 0 Å². The average Bonchev–Trinajstić information content (AvgIpc) is 2.40. The second kappa shape index (κ2) is 6.53. The number of hydrogen-bond donors (Lipinski definition) is 1. The van der Waals surface area contributed by atoms with E-state index in [0.29, 0.717) is 6.04 Å². The standard InChI is InChI=1S/C15H23NO2S/c1-2-16-14-9-6-10-15(11-14)19(17,18)12-13-7-4-3-5-8-13/h3-5,7-8,14-16H,2,6,9-12H2,1H3. The zero-order valence-corrected chi connectivity index (χ0v) is 12.3. The van der Waals surface area contributed by atoms with Crippen LogP contribution in [0.25, 0.3) is 0 Å². The molecular weight excluding hydrogens is 258 g/mol. The molecule has 1 aliphatic carbocycles. The predicted octanol–water partition coefficient (Wildman–Crippen LogP) is 2.52. The van der Waals surface area contributed by atoms with Crippen molar-refractivity contribution in [1.82, 2.24) is 5.32 Å². The molecule has 4 heteroatoms. The number of nitrogens with one attached hydrogen (secondary N) is 1. The van der Waals surface area contributed by atoms with Gasteiger partial charge in [0.15, 0.2) is 9.84 Å². The van der Waals surface area contributed by atoms with E-state index in [1.165, 1.54) is 0 Å². The lowest BCUT2D eigenvalue weighted by molar-refractivity contribution is 0.377. The Morgan fingerprint density at radius 3 is 2.63 bits per heavy atom. The molecule has 0 heterocycles. The first-order chi connectivity index (χ1) is 9.12. The fourth-order valence-corrected chi connectivity index (χ4v) is 4.81. The highest BCUT2D eigenvalue weighted by molar-refractivity contribution is 7.91. The molecule has 1 aromatic carbocycles. The van der Waals surface area contributed by atoms with Gasteiger partial charge in [-0.25, -0.2) is 8.42 Å². The van der Waals surface area contributed by atoms with Gasteiger partial charge in [0.2, 0.25) is 0 Å². The number of hydrogen-bond acceptors (Lipinski definition) is 3. The van der Waals surface area contributed by atoms with Crippen LogP contribution < -0.4 is 5.32 Å². The molecule has 2 rings (SSSR count). The Hall–Kier alpha value is -0.870. The van der Waals surface area contributed by atoms with Gasteiger partial charge in [0.25, 0.3) is 0 Å². The van der Waals surface area contributed by atoms with Crippen molar-refractivity contribution in [3.05, 3.63) is 35.9 Å². The van der Waals surface area contributed by atoms with Gasteiger partial charge in [0.1, 0.15) is 0 Å². The Balaban J connectivity index is 2.03. The summed E-state index contributed by atoms with van der Waals surface area (Å²) in [4.78, 5) is 0. The maximum absolute atomic E-state index is 12.5. The molecule has 0 radical (unpaired) electrons. The summed E-state index contributed by atoms with van der Waals surface area (Å²) in [5.41, 5.74) is 0.896. The molecule has 19 heavy (non-hydrogen) atoms. The minimum absolute atomic E-state index is 0.175. The first-order valence-corrected chi connectivity index (χ1v) is 8.82. The SMILES string of the molecule is CCNC1CCCC(S(=O)(=O)Cc2ccccc2)C1. The van der Waals surface area contributed by atoms with E-state index in [9.17, 15) is 8.42 Å². The van der Waals surface area contributed by atoms with E-state index < -0.39 is 9.84 Å². The van der Waals surface area contributed by atoms with E-state index >= 15 is 0 Å². The van der Waals surface area contributed by atoms with E-state index in [1.807, 2.05) is 30.3 Å². The summed E-state index contributed by atoms with van der Waals surface area (Å²) in [7, 11) is -3.03. The van der Waals surface area contributed by atoms with Gasteiger partial charge in [-0.05, 0) is 31.4 Å². The molecule has 3 nitrogen and oxygen atoms in total. The Bertz CT molecular complexity index is 482. The highest BCUT2D eigenvalue weighted by Gasteiger charge is 2.31. The first kappa shape index (κ1) is 14.5. The van der Waals surface area contributed by atoms with Crippen LogP contribution in [-0.4, -0.2) is 26.3 Å². The van der Waals surface area contributed by atoms with Crippen LogP contribution in [0.2, 0.25) is 0 Å². The third kappa shape index (κ3) is 4.05. The second-order valence-electron chi connectivity index (χ2n) is 5.34. The van der Waals surface area contributed by atoms with E-state index in [-0.39, 0.29) is 11.0 Å². The molecule has 106 valence electrons. The van der Waals surface area contributed by atoms with Crippen molar-refractivity contribution in [2.75, 3.05) is 6.54 Å². The maximum atomic E-state index is 12.5. The van der Waals surface area contributed by atoms with Crippen LogP contribution in [0.3, 0.4) is 0 Å². The molecule has 0 amide bonds. The fourth-order valence-electron chi connectivity index (χ4n) is 2.87. The molecule has 1 aliphatic rings. The van der Waals surface area contributed by atoms with Crippen LogP contribution in [0.4, 0.5) is 0 Å². The largest absolute Gasteiger partial charge is 0.314 e. The van der Waals surface area contributed by atoms with E-state index in [2.05, 4.69) is 12.2 Å². The summed E-state index contributed by atoms with van der Waals surface area (Å²) in [6.07, 6.45) is 3.70. The molecule has 1 aromatic rings. The zero-order chi connectivity index (χ0) is 13.7. The highest BCUT2D eigenvalue weighted by atomic mass is 32.2. The van der Waals surface area contributed by atoms with Crippen molar-refractivity contribution in [3.63, 3.8) is 0 Å². The lowest BCUT2D eigenvalue weighted by Gasteiger charge is -2.29. The summed E-state index contributed by atoms with van der Waals surface area (Å²) in [5.74, 6) is 0.178. The summed E-state index contributed by atoms with van der Waals surface area (Å²) >= 11 is 0. The molecule has 2 unspecified atom stereocenters. The summed E-state index contributed by atoms with van der Waals surface area (Å²) in [6.45, 7) is 2.98. The molecule has 1 fully saturated rings. The molecule has 2 atom stereocenters. The van der Waals surface area contributed by atoms with Gasteiger partial charge in [-0.1, -0.05) is 43.7 Å². The normalized spacial score (nSPS) is 24.3. The Kier molecular flexibility index (Phi) is 4.99. The van der Waals surface area contributed by atoms with Crippen molar-refractivity contribution in [2.45, 2.75) is 49.7 Å².